The molecule has 0 N–H and O–H groups in total. The van der Waals surface area contributed by atoms with E-state index in [0.717, 1.165) is 0 Å². The molecule has 108 valence electrons. The van der Waals surface area contributed by atoms with Crippen LogP contribution in [0.1, 0.15) is 33.0 Å². The number of nitrogens with zero attached hydrogens (tertiary/aromatic N) is 2. The number of fused-ring (bicyclic) bond motifs is 1. The smallest absolute Gasteiger partial charge is 0.358 e. The molecule has 1 heterocycles. The van der Waals surface area contributed by atoms with Crippen molar-refractivity contribution < 1.29 is 19.1 Å². The van der Waals surface area contributed by atoms with Crippen molar-refractivity contribution in [2.45, 2.75) is 12.8 Å². The van der Waals surface area contributed by atoms with E-state index in [0.29, 0.717) is 35.5 Å². The molecule has 0 saturated heterocycles. The molecule has 0 unspecified atom stereocenters. The Morgan fingerprint density at radius 3 is 2.52 bits per heavy atom. The third kappa shape index (κ3) is 2.08. The van der Waals surface area contributed by atoms with Crippen molar-refractivity contribution in [1.82, 2.24) is 9.78 Å². The number of ether oxygens (including phenoxy) is 2. The zero-order chi connectivity index (χ0) is 15.0. The molecule has 1 aliphatic rings. The second-order valence-corrected chi connectivity index (χ2v) is 4.70. The maximum absolute atomic E-state index is 12.1. The average Bonchev–Trinajstić information content (AvgIpc) is 3.08. The van der Waals surface area contributed by atoms with Crippen LogP contribution in [0.5, 0.6) is 5.75 Å². The Morgan fingerprint density at radius 2 is 1.90 bits per heavy atom. The Balaban J connectivity index is 2.14. The summed E-state index contributed by atoms with van der Waals surface area (Å²) in [6.45, 7) is 0. The SMILES string of the molecule is COC(=O)c1nn(-c2ccc(OC)cc2)c2c1CCC2=O. The van der Waals surface area contributed by atoms with Crippen molar-refractivity contribution in [3.8, 4) is 11.4 Å². The van der Waals surface area contributed by atoms with Gasteiger partial charge in [-0.1, -0.05) is 0 Å². The largest absolute Gasteiger partial charge is 0.497 e. The average molecular weight is 286 g/mol. The molecule has 1 aromatic heterocycles. The van der Waals surface area contributed by atoms with Crippen LogP contribution < -0.4 is 4.74 Å². The van der Waals surface area contributed by atoms with Crippen LogP contribution >= 0.6 is 0 Å². The standard InChI is InChI=1S/C15H14N2O4/c1-20-10-5-3-9(4-6-10)17-14-11(7-8-12(14)18)13(16-17)15(19)21-2/h3-6H,7-8H2,1-2H3. The number of hydrogen-bond acceptors (Lipinski definition) is 5. The Kier molecular flexibility index (Phi) is 3.21. The number of Topliss-reactive ketones (excluding diaryl/α,β-unsaturated/α-hetero) is 1. The molecule has 1 aliphatic carbocycles. The van der Waals surface area contributed by atoms with Crippen LogP contribution in [-0.2, 0) is 11.2 Å². The number of esters is 1. The molecule has 0 radical (unpaired) electrons. The zero-order valence-corrected chi connectivity index (χ0v) is 11.8. The number of rotatable bonds is 3. The summed E-state index contributed by atoms with van der Waals surface area (Å²) in [5, 5.41) is 4.26. The third-order valence-corrected chi connectivity index (χ3v) is 3.55. The highest BCUT2D eigenvalue weighted by Gasteiger charge is 2.32. The lowest BCUT2D eigenvalue weighted by Gasteiger charge is -2.06. The van der Waals surface area contributed by atoms with Gasteiger partial charge < -0.3 is 9.47 Å². The summed E-state index contributed by atoms with van der Waals surface area (Å²) < 4.78 is 11.4. The highest BCUT2D eigenvalue weighted by Crippen LogP contribution is 2.28. The Bertz CT molecular complexity index is 716. The van der Waals surface area contributed by atoms with Gasteiger partial charge in [0.25, 0.3) is 0 Å². The zero-order valence-electron chi connectivity index (χ0n) is 11.8. The Hall–Kier alpha value is -2.63. The van der Waals surface area contributed by atoms with Crippen molar-refractivity contribution in [2.24, 2.45) is 0 Å². The summed E-state index contributed by atoms with van der Waals surface area (Å²) in [5.41, 5.74) is 2.06. The van der Waals surface area contributed by atoms with Crippen molar-refractivity contribution in [1.29, 1.82) is 0 Å². The lowest BCUT2D eigenvalue weighted by molar-refractivity contribution is 0.0592. The molecular formula is C15H14N2O4. The van der Waals surface area contributed by atoms with Crippen LogP contribution in [0.4, 0.5) is 0 Å². The highest BCUT2D eigenvalue weighted by atomic mass is 16.5. The molecule has 0 atom stereocenters. The second-order valence-electron chi connectivity index (χ2n) is 4.70. The van der Waals surface area contributed by atoms with E-state index in [1.165, 1.54) is 11.8 Å². The number of methoxy groups -OCH3 is 2. The van der Waals surface area contributed by atoms with Crippen molar-refractivity contribution >= 4 is 11.8 Å². The van der Waals surface area contributed by atoms with E-state index in [1.54, 1.807) is 31.4 Å². The number of aromatic nitrogens is 2. The molecule has 21 heavy (non-hydrogen) atoms. The minimum atomic E-state index is -0.520. The van der Waals surface area contributed by atoms with Gasteiger partial charge in [0.2, 0.25) is 0 Å². The van der Waals surface area contributed by atoms with Gasteiger partial charge in [-0.25, -0.2) is 9.48 Å². The molecule has 6 nitrogen and oxygen atoms in total. The van der Waals surface area contributed by atoms with Crippen LogP contribution in [0, 0.1) is 0 Å². The number of carbonyl (C=O) groups excluding carboxylic acids is 2. The van der Waals surface area contributed by atoms with E-state index in [4.69, 9.17) is 9.47 Å². The Labute approximate surface area is 121 Å². The monoisotopic (exact) mass is 286 g/mol. The first kappa shape index (κ1) is 13.4. The van der Waals surface area contributed by atoms with Gasteiger partial charge in [-0.05, 0) is 30.7 Å². The molecule has 0 spiro atoms. The van der Waals surface area contributed by atoms with Crippen LogP contribution in [-0.4, -0.2) is 35.8 Å². The highest BCUT2D eigenvalue weighted by molar-refractivity contribution is 6.03. The van der Waals surface area contributed by atoms with E-state index in [-0.39, 0.29) is 11.5 Å². The molecule has 0 aliphatic heterocycles. The molecule has 0 amide bonds. The molecule has 6 heteroatoms. The van der Waals surface area contributed by atoms with E-state index >= 15 is 0 Å². The van der Waals surface area contributed by atoms with E-state index in [2.05, 4.69) is 5.10 Å². The third-order valence-electron chi connectivity index (χ3n) is 3.55. The minimum Gasteiger partial charge on any atom is -0.497 e. The van der Waals surface area contributed by atoms with Gasteiger partial charge in [0.15, 0.2) is 11.5 Å². The first-order chi connectivity index (χ1) is 10.2. The Morgan fingerprint density at radius 1 is 1.19 bits per heavy atom. The fraction of sp³-hybridized carbons (Fsp3) is 0.267. The van der Waals surface area contributed by atoms with Crippen molar-refractivity contribution in [3.05, 3.63) is 41.2 Å². The summed E-state index contributed by atoms with van der Waals surface area (Å²) in [6, 6.07) is 7.14. The fourth-order valence-electron chi connectivity index (χ4n) is 2.50. The second kappa shape index (κ2) is 5.05. The number of hydrogen-bond donors (Lipinski definition) is 0. The van der Waals surface area contributed by atoms with Crippen molar-refractivity contribution in [3.63, 3.8) is 0 Å². The molecule has 1 aromatic carbocycles. The quantitative estimate of drug-likeness (QED) is 0.805. The maximum Gasteiger partial charge on any atom is 0.358 e. The van der Waals surface area contributed by atoms with Crippen LogP contribution in [0.25, 0.3) is 5.69 Å². The molecule has 0 bridgehead atoms. The summed E-state index contributed by atoms with van der Waals surface area (Å²) >= 11 is 0. The number of carbonyl (C=O) groups is 2. The first-order valence-corrected chi connectivity index (χ1v) is 6.53. The first-order valence-electron chi connectivity index (χ1n) is 6.53. The predicted molar refractivity (Wildman–Crippen MR) is 74.1 cm³/mol. The minimum absolute atomic E-state index is 0.0107. The lowest BCUT2D eigenvalue weighted by atomic mass is 10.2. The lowest BCUT2D eigenvalue weighted by Crippen LogP contribution is -2.08. The van der Waals surface area contributed by atoms with E-state index < -0.39 is 5.97 Å². The van der Waals surface area contributed by atoms with Gasteiger partial charge >= 0.3 is 5.97 Å². The van der Waals surface area contributed by atoms with Crippen LogP contribution in [0.15, 0.2) is 24.3 Å². The number of benzene rings is 1. The van der Waals surface area contributed by atoms with Crippen molar-refractivity contribution in [2.75, 3.05) is 14.2 Å². The fourth-order valence-corrected chi connectivity index (χ4v) is 2.50. The van der Waals surface area contributed by atoms with Gasteiger partial charge in [0.1, 0.15) is 11.4 Å². The molecular weight excluding hydrogens is 272 g/mol. The number of ketones is 1. The molecule has 3 rings (SSSR count). The molecule has 2 aromatic rings. The normalized spacial score (nSPS) is 13.1. The van der Waals surface area contributed by atoms with Gasteiger partial charge in [-0.15, -0.1) is 0 Å². The van der Waals surface area contributed by atoms with Gasteiger partial charge in [0, 0.05) is 12.0 Å². The van der Waals surface area contributed by atoms with Crippen LogP contribution in [0.3, 0.4) is 0 Å². The molecule has 0 saturated carbocycles. The predicted octanol–water partition coefficient (Wildman–Crippen LogP) is 1.80. The van der Waals surface area contributed by atoms with Gasteiger partial charge in [-0.3, -0.25) is 4.79 Å². The van der Waals surface area contributed by atoms with Crippen LogP contribution in [0.2, 0.25) is 0 Å². The summed E-state index contributed by atoms with van der Waals surface area (Å²) in [5.74, 6) is 0.179. The topological polar surface area (TPSA) is 70.4 Å². The van der Waals surface area contributed by atoms with Gasteiger partial charge in [-0.2, -0.15) is 5.10 Å². The van der Waals surface area contributed by atoms with E-state index in [9.17, 15) is 9.59 Å². The van der Waals surface area contributed by atoms with E-state index in [1.807, 2.05) is 0 Å². The molecule has 0 fully saturated rings. The maximum atomic E-state index is 12.1. The van der Waals surface area contributed by atoms with Gasteiger partial charge in [0.05, 0.1) is 19.9 Å². The summed E-state index contributed by atoms with van der Waals surface area (Å²) in [4.78, 5) is 23.9. The summed E-state index contributed by atoms with van der Waals surface area (Å²) in [6.07, 6.45) is 0.919. The summed E-state index contributed by atoms with van der Waals surface area (Å²) in [7, 11) is 2.89.